The van der Waals surface area contributed by atoms with E-state index in [9.17, 15) is 9.59 Å². The molecule has 2 aliphatic rings. The van der Waals surface area contributed by atoms with E-state index in [0.717, 1.165) is 25.9 Å². The van der Waals surface area contributed by atoms with Gasteiger partial charge in [-0.1, -0.05) is 6.92 Å². The van der Waals surface area contributed by atoms with Crippen LogP contribution in [0.5, 0.6) is 0 Å². The van der Waals surface area contributed by atoms with Crippen molar-refractivity contribution >= 4 is 12.0 Å². The summed E-state index contributed by atoms with van der Waals surface area (Å²) in [5.74, 6) is 0.725. The molecule has 5 heteroatoms. The molecule has 0 spiro atoms. The molecular weight excluding hydrogens is 208 g/mol. The van der Waals surface area contributed by atoms with Gasteiger partial charge in [0, 0.05) is 20.1 Å². The Kier molecular flexibility index (Phi) is 3.03. The highest BCUT2D eigenvalue weighted by atomic mass is 16.6. The summed E-state index contributed by atoms with van der Waals surface area (Å²) >= 11 is 0. The van der Waals surface area contributed by atoms with Crippen molar-refractivity contribution < 1.29 is 14.3 Å². The van der Waals surface area contributed by atoms with Gasteiger partial charge in [-0.2, -0.15) is 0 Å². The monoisotopic (exact) mass is 226 g/mol. The van der Waals surface area contributed by atoms with E-state index in [2.05, 4.69) is 6.92 Å². The van der Waals surface area contributed by atoms with Gasteiger partial charge in [0.2, 0.25) is 5.91 Å². The molecule has 0 aromatic heterocycles. The van der Waals surface area contributed by atoms with Gasteiger partial charge in [0.05, 0.1) is 0 Å². The van der Waals surface area contributed by atoms with E-state index in [1.807, 2.05) is 4.90 Å². The summed E-state index contributed by atoms with van der Waals surface area (Å²) in [4.78, 5) is 26.5. The number of carbonyl (C=O) groups is 2. The number of nitrogens with zero attached hydrogens (tertiary/aromatic N) is 2. The van der Waals surface area contributed by atoms with E-state index in [-0.39, 0.29) is 12.5 Å². The van der Waals surface area contributed by atoms with Crippen molar-refractivity contribution in [3.8, 4) is 0 Å². The number of carbonyl (C=O) groups excluding carboxylic acids is 2. The average molecular weight is 226 g/mol. The van der Waals surface area contributed by atoms with Gasteiger partial charge in [-0.3, -0.25) is 9.69 Å². The molecular formula is C11H18N2O3. The van der Waals surface area contributed by atoms with Gasteiger partial charge in [0.1, 0.15) is 12.6 Å². The first-order valence-electron chi connectivity index (χ1n) is 5.78. The number of hydrogen-bond acceptors (Lipinski definition) is 3. The Morgan fingerprint density at radius 2 is 2.00 bits per heavy atom. The molecule has 0 aromatic carbocycles. The van der Waals surface area contributed by atoms with Crippen LogP contribution in [0.3, 0.4) is 0 Å². The summed E-state index contributed by atoms with van der Waals surface area (Å²) in [5.41, 5.74) is 0. The van der Waals surface area contributed by atoms with Crippen LogP contribution in [-0.2, 0) is 9.53 Å². The molecule has 0 bridgehead atoms. The van der Waals surface area contributed by atoms with Crippen LogP contribution in [0.1, 0.15) is 19.8 Å². The second-order valence-corrected chi connectivity index (χ2v) is 4.71. The van der Waals surface area contributed by atoms with E-state index in [1.165, 1.54) is 4.90 Å². The Bertz CT molecular complexity index is 298. The molecule has 2 aliphatic heterocycles. The van der Waals surface area contributed by atoms with Gasteiger partial charge < -0.3 is 9.64 Å². The molecule has 1 atom stereocenters. The summed E-state index contributed by atoms with van der Waals surface area (Å²) in [7, 11) is 1.62. The van der Waals surface area contributed by atoms with Gasteiger partial charge in [-0.25, -0.2) is 4.79 Å². The predicted molar refractivity (Wildman–Crippen MR) is 57.9 cm³/mol. The van der Waals surface area contributed by atoms with E-state index >= 15 is 0 Å². The second kappa shape index (κ2) is 4.31. The van der Waals surface area contributed by atoms with E-state index in [1.54, 1.807) is 7.05 Å². The first-order chi connectivity index (χ1) is 7.59. The van der Waals surface area contributed by atoms with Crippen molar-refractivity contribution in [3.63, 3.8) is 0 Å². The van der Waals surface area contributed by atoms with Crippen LogP contribution in [0.15, 0.2) is 0 Å². The van der Waals surface area contributed by atoms with E-state index in [0.29, 0.717) is 5.92 Å². The largest absolute Gasteiger partial charge is 0.447 e. The highest BCUT2D eigenvalue weighted by Crippen LogP contribution is 2.19. The first-order valence-corrected chi connectivity index (χ1v) is 5.78. The summed E-state index contributed by atoms with van der Waals surface area (Å²) in [6.45, 7) is 4.01. The normalized spacial score (nSPS) is 27.1. The number of likely N-dealkylation sites (N-methyl/N-ethyl adjacent to an activating group) is 1. The topological polar surface area (TPSA) is 49.9 Å². The fraction of sp³-hybridized carbons (Fsp3) is 0.818. The molecule has 0 aromatic rings. The van der Waals surface area contributed by atoms with Gasteiger partial charge >= 0.3 is 6.09 Å². The number of hydrogen-bond donors (Lipinski definition) is 0. The lowest BCUT2D eigenvalue weighted by atomic mass is 9.99. The van der Waals surface area contributed by atoms with Crippen molar-refractivity contribution in [1.29, 1.82) is 0 Å². The highest BCUT2D eigenvalue weighted by Gasteiger charge is 2.38. The van der Waals surface area contributed by atoms with Crippen LogP contribution < -0.4 is 0 Å². The molecule has 90 valence electrons. The van der Waals surface area contributed by atoms with Crippen LogP contribution in [0.4, 0.5) is 4.79 Å². The Morgan fingerprint density at radius 3 is 2.50 bits per heavy atom. The van der Waals surface area contributed by atoms with E-state index < -0.39 is 12.1 Å². The van der Waals surface area contributed by atoms with Gasteiger partial charge in [-0.15, -0.1) is 0 Å². The summed E-state index contributed by atoms with van der Waals surface area (Å²) < 4.78 is 4.85. The van der Waals surface area contributed by atoms with Crippen LogP contribution in [-0.4, -0.2) is 54.6 Å². The van der Waals surface area contributed by atoms with Crippen LogP contribution in [0.25, 0.3) is 0 Å². The second-order valence-electron chi connectivity index (χ2n) is 4.71. The number of ether oxygens (including phenoxy) is 1. The molecule has 0 aliphatic carbocycles. The van der Waals surface area contributed by atoms with Gasteiger partial charge in [0.25, 0.3) is 0 Å². The molecule has 16 heavy (non-hydrogen) atoms. The SMILES string of the molecule is CC1CCN(C(=O)C2COC(=O)N2C)CC1. The highest BCUT2D eigenvalue weighted by molar-refractivity contribution is 5.87. The van der Waals surface area contributed by atoms with Crippen molar-refractivity contribution in [2.24, 2.45) is 5.92 Å². The lowest BCUT2D eigenvalue weighted by Gasteiger charge is -2.32. The van der Waals surface area contributed by atoms with Crippen molar-refractivity contribution in [2.75, 3.05) is 26.7 Å². The van der Waals surface area contributed by atoms with Crippen LogP contribution in [0.2, 0.25) is 0 Å². The molecule has 2 heterocycles. The number of piperidine rings is 1. The number of likely N-dealkylation sites (tertiary alicyclic amines) is 1. The third kappa shape index (κ3) is 1.99. The molecule has 1 unspecified atom stereocenters. The fourth-order valence-electron chi connectivity index (χ4n) is 2.17. The van der Waals surface area contributed by atoms with Crippen LogP contribution >= 0.6 is 0 Å². The minimum absolute atomic E-state index is 0.0280. The lowest BCUT2D eigenvalue weighted by Crippen LogP contribution is -2.48. The summed E-state index contributed by atoms with van der Waals surface area (Å²) in [5, 5.41) is 0. The molecule has 2 fully saturated rings. The van der Waals surface area contributed by atoms with Crippen molar-refractivity contribution in [2.45, 2.75) is 25.8 Å². The van der Waals surface area contributed by atoms with Crippen molar-refractivity contribution in [3.05, 3.63) is 0 Å². The molecule has 0 N–H and O–H groups in total. The fourth-order valence-corrected chi connectivity index (χ4v) is 2.17. The lowest BCUT2D eigenvalue weighted by molar-refractivity contribution is -0.136. The molecule has 2 rings (SSSR count). The Hall–Kier alpha value is -1.26. The number of amides is 2. The maximum atomic E-state index is 12.1. The average Bonchev–Trinajstić information content (AvgIpc) is 2.60. The molecule has 2 saturated heterocycles. The Morgan fingerprint density at radius 1 is 1.38 bits per heavy atom. The summed E-state index contributed by atoms with van der Waals surface area (Å²) in [6.07, 6.45) is 1.71. The predicted octanol–water partition coefficient (Wildman–Crippen LogP) is 0.696. The third-order valence-electron chi connectivity index (χ3n) is 3.50. The quantitative estimate of drug-likeness (QED) is 0.661. The zero-order valence-electron chi connectivity index (χ0n) is 9.81. The zero-order valence-corrected chi connectivity index (χ0v) is 9.81. The molecule has 0 saturated carbocycles. The summed E-state index contributed by atoms with van der Waals surface area (Å²) in [6, 6.07) is -0.416. The molecule has 5 nitrogen and oxygen atoms in total. The maximum Gasteiger partial charge on any atom is 0.410 e. The smallest absolute Gasteiger partial charge is 0.410 e. The minimum atomic E-state index is -0.416. The third-order valence-corrected chi connectivity index (χ3v) is 3.50. The standard InChI is InChI=1S/C11H18N2O3/c1-8-3-5-13(6-4-8)10(14)9-7-16-11(15)12(9)2/h8-9H,3-7H2,1-2H3. The molecule has 0 radical (unpaired) electrons. The van der Waals surface area contributed by atoms with Crippen molar-refractivity contribution in [1.82, 2.24) is 9.80 Å². The molecule has 2 amide bonds. The number of rotatable bonds is 1. The number of cyclic esters (lactones) is 1. The van der Waals surface area contributed by atoms with E-state index in [4.69, 9.17) is 4.74 Å². The van der Waals surface area contributed by atoms with Gasteiger partial charge in [0.15, 0.2) is 0 Å². The first kappa shape index (κ1) is 11.2. The Balaban J connectivity index is 1.95. The Labute approximate surface area is 95.3 Å². The van der Waals surface area contributed by atoms with Gasteiger partial charge in [-0.05, 0) is 18.8 Å². The minimum Gasteiger partial charge on any atom is -0.447 e. The zero-order chi connectivity index (χ0) is 11.7. The maximum absolute atomic E-state index is 12.1. The van der Waals surface area contributed by atoms with Crippen LogP contribution in [0, 0.1) is 5.92 Å².